The largest absolute Gasteiger partial charge is 0.504 e. The number of phenolic OH excluding ortho intramolecular Hbond substituents is 2. The summed E-state index contributed by atoms with van der Waals surface area (Å²) < 4.78 is 37.9. The van der Waals surface area contributed by atoms with Crippen molar-refractivity contribution < 1.29 is 63.5 Å². The van der Waals surface area contributed by atoms with Crippen LogP contribution in [0.3, 0.4) is 0 Å². The monoisotopic (exact) mass is 552 g/mol. The first-order chi connectivity index (χ1) is 18.6. The zero-order valence-corrected chi connectivity index (χ0v) is 21.3. The molecule has 5 atom stereocenters. The summed E-state index contributed by atoms with van der Waals surface area (Å²) in [6, 6.07) is 3.92. The van der Waals surface area contributed by atoms with Crippen LogP contribution in [-0.2, 0) is 4.74 Å². The third kappa shape index (κ3) is 4.72. The van der Waals surface area contributed by atoms with Gasteiger partial charge >= 0.3 is 0 Å². The molecule has 1 saturated heterocycles. The predicted molar refractivity (Wildman–Crippen MR) is 132 cm³/mol. The number of hydrogen-bond donors (Lipinski definition) is 6. The molecule has 4 rings (SSSR count). The van der Waals surface area contributed by atoms with Crippen molar-refractivity contribution in [1.82, 2.24) is 0 Å². The van der Waals surface area contributed by atoms with Gasteiger partial charge in [-0.15, -0.1) is 0 Å². The maximum atomic E-state index is 13.4. The van der Waals surface area contributed by atoms with Crippen LogP contribution in [0.4, 0.5) is 0 Å². The van der Waals surface area contributed by atoms with Gasteiger partial charge in [0.1, 0.15) is 35.4 Å². The molecule has 6 N–H and O–H groups in total. The molecule has 0 aliphatic carbocycles. The summed E-state index contributed by atoms with van der Waals surface area (Å²) in [5, 5.41) is 60.9. The summed E-state index contributed by atoms with van der Waals surface area (Å²) >= 11 is 0. The Labute approximate surface area is 220 Å². The molecule has 1 fully saturated rings. The zero-order valence-electron chi connectivity index (χ0n) is 21.3. The lowest BCUT2D eigenvalue weighted by atomic mass is 9.99. The SMILES string of the molecule is COc1cc(-c2oc3cc(O[C@@H]4OC(CO)[C@@H](O)[C@H](O)C4O)c(OC)c(O)c3c(=O)c2OC)cc(OC)c1O. The number of benzene rings is 2. The van der Waals surface area contributed by atoms with Crippen LogP contribution in [0.2, 0.25) is 0 Å². The number of hydrogen-bond acceptors (Lipinski definition) is 14. The standard InChI is InChI=1S/C25H28O14/c1-33-11-5-9(6-12(34-2)16(11)27)22-24(36-4)19(30)15-10(37-22)7-13(23(35-3)18(15)29)38-25-21(32)20(31)17(28)14(8-26)39-25/h5-7,14,17,20-21,25-29,31-32H,8H2,1-4H3/t14?,17-,20+,21?,25-/m1/s1. The van der Waals surface area contributed by atoms with Crippen LogP contribution in [0.1, 0.15) is 0 Å². The van der Waals surface area contributed by atoms with Gasteiger partial charge in [-0.05, 0) is 12.1 Å². The van der Waals surface area contributed by atoms with Crippen molar-refractivity contribution in [2.75, 3.05) is 35.0 Å². The quantitative estimate of drug-likeness (QED) is 0.219. The van der Waals surface area contributed by atoms with E-state index in [1.807, 2.05) is 0 Å². The fourth-order valence-corrected chi connectivity index (χ4v) is 4.25. The fourth-order valence-electron chi connectivity index (χ4n) is 4.25. The topological polar surface area (TPSA) is 207 Å². The van der Waals surface area contributed by atoms with Gasteiger partial charge in [0.2, 0.25) is 29.0 Å². The number of aliphatic hydroxyl groups excluding tert-OH is 4. The van der Waals surface area contributed by atoms with Gasteiger partial charge in [0.15, 0.2) is 28.8 Å². The molecule has 0 saturated carbocycles. The van der Waals surface area contributed by atoms with Crippen molar-refractivity contribution in [3.8, 4) is 51.6 Å². The van der Waals surface area contributed by atoms with Gasteiger partial charge in [0.25, 0.3) is 0 Å². The maximum absolute atomic E-state index is 13.4. The second-order valence-electron chi connectivity index (χ2n) is 8.47. The van der Waals surface area contributed by atoms with Crippen LogP contribution in [0.15, 0.2) is 27.4 Å². The lowest BCUT2D eigenvalue weighted by molar-refractivity contribution is -0.277. The van der Waals surface area contributed by atoms with Gasteiger partial charge in [-0.25, -0.2) is 0 Å². The Morgan fingerprint density at radius 3 is 1.95 bits per heavy atom. The molecule has 0 bridgehead atoms. The Kier molecular flexibility index (Phi) is 7.94. The number of aliphatic hydroxyl groups is 4. The average Bonchev–Trinajstić information content (AvgIpc) is 2.93. The molecule has 212 valence electrons. The number of fused-ring (bicyclic) bond motifs is 1. The van der Waals surface area contributed by atoms with E-state index in [4.69, 9.17) is 32.8 Å². The van der Waals surface area contributed by atoms with Crippen molar-refractivity contribution in [3.05, 3.63) is 28.4 Å². The third-order valence-electron chi connectivity index (χ3n) is 6.28. The minimum Gasteiger partial charge on any atom is -0.504 e. The van der Waals surface area contributed by atoms with Crippen LogP contribution in [0, 0.1) is 0 Å². The Morgan fingerprint density at radius 1 is 0.795 bits per heavy atom. The first-order valence-electron chi connectivity index (χ1n) is 11.5. The van der Waals surface area contributed by atoms with Crippen LogP contribution in [0.5, 0.6) is 40.2 Å². The molecular formula is C25H28O14. The highest BCUT2D eigenvalue weighted by Crippen LogP contribution is 2.46. The van der Waals surface area contributed by atoms with E-state index in [0.717, 1.165) is 0 Å². The number of ether oxygens (including phenoxy) is 6. The van der Waals surface area contributed by atoms with E-state index >= 15 is 0 Å². The second kappa shape index (κ2) is 11.0. The lowest BCUT2D eigenvalue weighted by Gasteiger charge is -2.39. The minimum atomic E-state index is -1.76. The molecule has 0 spiro atoms. The molecular weight excluding hydrogens is 524 g/mol. The first kappa shape index (κ1) is 28.1. The number of aromatic hydroxyl groups is 2. The maximum Gasteiger partial charge on any atom is 0.239 e. The molecule has 0 amide bonds. The molecule has 3 aromatic rings. The number of methoxy groups -OCH3 is 4. The van der Waals surface area contributed by atoms with Crippen LogP contribution in [0.25, 0.3) is 22.3 Å². The van der Waals surface area contributed by atoms with E-state index < -0.39 is 48.5 Å². The van der Waals surface area contributed by atoms with Gasteiger partial charge in [-0.1, -0.05) is 0 Å². The highest BCUT2D eigenvalue weighted by atomic mass is 16.7. The average molecular weight is 552 g/mol. The Hall–Kier alpha value is -3.95. The van der Waals surface area contributed by atoms with Gasteiger partial charge in [0.05, 0.1) is 35.0 Å². The number of phenols is 2. The molecule has 2 aromatic carbocycles. The van der Waals surface area contributed by atoms with Gasteiger partial charge < -0.3 is 63.5 Å². The van der Waals surface area contributed by atoms with Crippen molar-refractivity contribution in [1.29, 1.82) is 0 Å². The van der Waals surface area contributed by atoms with Crippen molar-refractivity contribution in [2.45, 2.75) is 30.7 Å². The number of rotatable bonds is 8. The Morgan fingerprint density at radius 2 is 1.41 bits per heavy atom. The van der Waals surface area contributed by atoms with E-state index in [1.165, 1.54) is 46.6 Å². The Bertz CT molecular complexity index is 1390. The van der Waals surface area contributed by atoms with E-state index in [-0.39, 0.29) is 56.8 Å². The highest BCUT2D eigenvalue weighted by Gasteiger charge is 2.45. The van der Waals surface area contributed by atoms with Gasteiger partial charge in [-0.2, -0.15) is 0 Å². The molecule has 1 aliphatic rings. The van der Waals surface area contributed by atoms with E-state index in [0.29, 0.717) is 0 Å². The molecule has 0 radical (unpaired) electrons. The molecule has 1 aromatic heterocycles. The zero-order chi connectivity index (χ0) is 28.6. The summed E-state index contributed by atoms with van der Waals surface area (Å²) in [5.41, 5.74) is -0.779. The summed E-state index contributed by atoms with van der Waals surface area (Å²) in [7, 11) is 5.04. The molecule has 39 heavy (non-hydrogen) atoms. The lowest BCUT2D eigenvalue weighted by Crippen LogP contribution is -2.60. The third-order valence-corrected chi connectivity index (χ3v) is 6.28. The fraction of sp³-hybridized carbons (Fsp3) is 0.400. The van der Waals surface area contributed by atoms with E-state index in [9.17, 15) is 35.4 Å². The van der Waals surface area contributed by atoms with E-state index in [2.05, 4.69) is 0 Å². The first-order valence-corrected chi connectivity index (χ1v) is 11.5. The predicted octanol–water partition coefficient (Wildman–Crippen LogP) is 0.0843. The minimum absolute atomic E-state index is 0.0124. The molecule has 2 unspecified atom stereocenters. The molecule has 1 aliphatic heterocycles. The summed E-state index contributed by atoms with van der Waals surface area (Å²) in [6.45, 7) is -0.692. The van der Waals surface area contributed by atoms with Crippen LogP contribution < -0.4 is 29.1 Å². The highest BCUT2D eigenvalue weighted by molar-refractivity contribution is 5.91. The summed E-state index contributed by atoms with van der Waals surface area (Å²) in [4.78, 5) is 13.4. The summed E-state index contributed by atoms with van der Waals surface area (Å²) in [6.07, 6.45) is -8.00. The van der Waals surface area contributed by atoms with Crippen molar-refractivity contribution in [3.63, 3.8) is 0 Å². The molecule has 2 heterocycles. The Balaban J connectivity index is 1.91. The van der Waals surface area contributed by atoms with Crippen LogP contribution in [-0.4, -0.2) is 96.4 Å². The van der Waals surface area contributed by atoms with Crippen molar-refractivity contribution >= 4 is 11.0 Å². The van der Waals surface area contributed by atoms with Gasteiger partial charge in [-0.3, -0.25) is 4.79 Å². The molecule has 14 nitrogen and oxygen atoms in total. The van der Waals surface area contributed by atoms with Crippen LogP contribution >= 0.6 is 0 Å². The van der Waals surface area contributed by atoms with Crippen molar-refractivity contribution in [2.24, 2.45) is 0 Å². The normalized spacial score (nSPS) is 22.9. The van der Waals surface area contributed by atoms with Gasteiger partial charge in [0, 0.05) is 11.6 Å². The molecule has 14 heteroatoms. The van der Waals surface area contributed by atoms with E-state index in [1.54, 1.807) is 0 Å². The second-order valence-corrected chi connectivity index (χ2v) is 8.47. The summed E-state index contributed by atoms with van der Waals surface area (Å²) in [5.74, 6) is -1.97. The smallest absolute Gasteiger partial charge is 0.239 e.